The van der Waals surface area contributed by atoms with Crippen molar-refractivity contribution < 1.29 is 14.6 Å². The van der Waals surface area contributed by atoms with Crippen molar-refractivity contribution in [1.29, 1.82) is 0 Å². The number of benzene rings is 1. The van der Waals surface area contributed by atoms with Gasteiger partial charge < -0.3 is 15.2 Å². The fourth-order valence-corrected chi connectivity index (χ4v) is 2.10. The minimum Gasteiger partial charge on any atom is -0.506 e. The summed E-state index contributed by atoms with van der Waals surface area (Å²) in [6, 6.07) is 4.63. The molecule has 0 radical (unpaired) electrons. The second-order valence-electron chi connectivity index (χ2n) is 4.41. The van der Waals surface area contributed by atoms with Crippen LogP contribution in [-0.2, 0) is 9.53 Å². The predicted octanol–water partition coefficient (Wildman–Crippen LogP) is 2.94. The van der Waals surface area contributed by atoms with Gasteiger partial charge in [-0.05, 0) is 31.4 Å². The molecule has 1 aliphatic rings. The summed E-state index contributed by atoms with van der Waals surface area (Å²) in [4.78, 5) is 11.8. The summed E-state index contributed by atoms with van der Waals surface area (Å²) in [5.74, 6) is -0.146. The molecule has 4 nitrogen and oxygen atoms in total. The number of phenolic OH excluding ortho intramolecular Hbond substituents is 1. The van der Waals surface area contributed by atoms with E-state index in [1.54, 1.807) is 12.1 Å². The van der Waals surface area contributed by atoms with E-state index in [1.165, 1.54) is 6.07 Å². The molecule has 2 N–H and O–H groups in total. The van der Waals surface area contributed by atoms with Crippen molar-refractivity contribution in [2.45, 2.75) is 31.8 Å². The van der Waals surface area contributed by atoms with Crippen LogP contribution < -0.4 is 5.32 Å². The van der Waals surface area contributed by atoms with E-state index in [4.69, 9.17) is 16.3 Å². The van der Waals surface area contributed by atoms with Crippen molar-refractivity contribution in [3.05, 3.63) is 23.2 Å². The largest absolute Gasteiger partial charge is 0.506 e. The van der Waals surface area contributed by atoms with Crippen molar-refractivity contribution in [2.24, 2.45) is 0 Å². The number of anilines is 1. The Morgan fingerprint density at radius 1 is 1.50 bits per heavy atom. The summed E-state index contributed by atoms with van der Waals surface area (Å²) in [7, 11) is 0. The van der Waals surface area contributed by atoms with Crippen molar-refractivity contribution in [3.63, 3.8) is 0 Å². The number of ether oxygens (including phenoxy) is 1. The van der Waals surface area contributed by atoms with Crippen molar-refractivity contribution in [2.75, 3.05) is 11.9 Å². The number of phenols is 1. The van der Waals surface area contributed by atoms with Crippen LogP contribution in [0.15, 0.2) is 18.2 Å². The fourth-order valence-electron chi connectivity index (χ4n) is 1.98. The van der Waals surface area contributed by atoms with Gasteiger partial charge in [0.15, 0.2) is 0 Å². The number of carbonyl (C=O) groups is 1. The Kier molecular flexibility index (Phi) is 4.44. The molecule has 1 aliphatic heterocycles. The molecule has 0 aromatic heterocycles. The van der Waals surface area contributed by atoms with Gasteiger partial charge in [-0.1, -0.05) is 11.6 Å². The third-order valence-electron chi connectivity index (χ3n) is 2.92. The van der Waals surface area contributed by atoms with Gasteiger partial charge in [-0.2, -0.15) is 0 Å². The Hall–Kier alpha value is -1.26. The molecular weight excluding hydrogens is 254 g/mol. The van der Waals surface area contributed by atoms with Gasteiger partial charge in [0, 0.05) is 18.4 Å². The highest BCUT2D eigenvalue weighted by Crippen LogP contribution is 2.26. The number of aromatic hydroxyl groups is 1. The van der Waals surface area contributed by atoms with E-state index in [1.807, 2.05) is 0 Å². The van der Waals surface area contributed by atoms with Gasteiger partial charge in [0.2, 0.25) is 5.91 Å². The molecule has 1 amide bonds. The molecule has 18 heavy (non-hydrogen) atoms. The third-order valence-corrected chi connectivity index (χ3v) is 3.24. The SMILES string of the molecule is O=C(CC1CCCCO1)Nc1ccc(Cl)c(O)c1. The van der Waals surface area contributed by atoms with E-state index in [-0.39, 0.29) is 22.8 Å². The molecule has 1 heterocycles. The first-order valence-electron chi connectivity index (χ1n) is 6.05. The summed E-state index contributed by atoms with van der Waals surface area (Å²) in [5.41, 5.74) is 0.540. The average molecular weight is 270 g/mol. The van der Waals surface area contributed by atoms with E-state index in [0.29, 0.717) is 12.1 Å². The molecule has 1 atom stereocenters. The van der Waals surface area contributed by atoms with E-state index in [2.05, 4.69) is 5.32 Å². The van der Waals surface area contributed by atoms with E-state index < -0.39 is 0 Å². The van der Waals surface area contributed by atoms with Crippen molar-refractivity contribution in [3.8, 4) is 5.75 Å². The van der Waals surface area contributed by atoms with Gasteiger partial charge in [0.05, 0.1) is 17.5 Å². The summed E-state index contributed by atoms with van der Waals surface area (Å²) < 4.78 is 5.50. The molecule has 1 fully saturated rings. The summed E-state index contributed by atoms with van der Waals surface area (Å²) in [6.07, 6.45) is 3.48. The summed E-state index contributed by atoms with van der Waals surface area (Å²) in [5, 5.41) is 12.4. The van der Waals surface area contributed by atoms with Crippen LogP contribution >= 0.6 is 11.6 Å². The lowest BCUT2D eigenvalue weighted by Crippen LogP contribution is -2.25. The number of hydrogen-bond acceptors (Lipinski definition) is 3. The molecule has 1 saturated heterocycles. The smallest absolute Gasteiger partial charge is 0.226 e. The van der Waals surface area contributed by atoms with E-state index >= 15 is 0 Å². The Morgan fingerprint density at radius 2 is 2.33 bits per heavy atom. The molecule has 0 saturated carbocycles. The Morgan fingerprint density at radius 3 is 3.00 bits per heavy atom. The van der Waals surface area contributed by atoms with Gasteiger partial charge in [-0.3, -0.25) is 4.79 Å². The number of nitrogens with one attached hydrogen (secondary N) is 1. The maximum Gasteiger partial charge on any atom is 0.226 e. The van der Waals surface area contributed by atoms with Gasteiger partial charge in [0.25, 0.3) is 0 Å². The standard InChI is InChI=1S/C13H16ClNO3/c14-11-5-4-9(7-12(11)16)15-13(17)8-10-3-1-2-6-18-10/h4-5,7,10,16H,1-3,6,8H2,(H,15,17). The van der Waals surface area contributed by atoms with E-state index in [0.717, 1.165) is 25.9 Å². The first kappa shape index (κ1) is 13.2. The first-order valence-corrected chi connectivity index (χ1v) is 6.43. The fraction of sp³-hybridized carbons (Fsp3) is 0.462. The Bertz CT molecular complexity index is 430. The second kappa shape index (κ2) is 6.07. The average Bonchev–Trinajstić information content (AvgIpc) is 2.35. The monoisotopic (exact) mass is 269 g/mol. The van der Waals surface area contributed by atoms with E-state index in [9.17, 15) is 9.90 Å². The molecule has 0 aliphatic carbocycles. The third kappa shape index (κ3) is 3.62. The van der Waals surface area contributed by atoms with Gasteiger partial charge in [-0.15, -0.1) is 0 Å². The van der Waals surface area contributed by atoms with Crippen LogP contribution in [0.5, 0.6) is 5.75 Å². The summed E-state index contributed by atoms with van der Waals surface area (Å²) >= 11 is 5.69. The number of hydrogen-bond donors (Lipinski definition) is 2. The Labute approximate surface area is 111 Å². The molecule has 0 bridgehead atoms. The molecule has 1 aromatic rings. The molecule has 1 aromatic carbocycles. The quantitative estimate of drug-likeness (QED) is 0.887. The van der Waals surface area contributed by atoms with Crippen molar-refractivity contribution in [1.82, 2.24) is 0 Å². The normalized spacial score (nSPS) is 19.5. The first-order chi connectivity index (χ1) is 8.65. The molecule has 98 valence electrons. The zero-order valence-corrected chi connectivity index (χ0v) is 10.7. The topological polar surface area (TPSA) is 58.6 Å². The van der Waals surface area contributed by atoms with Crippen LogP contribution in [0, 0.1) is 0 Å². The van der Waals surface area contributed by atoms with Crippen molar-refractivity contribution >= 4 is 23.2 Å². The molecule has 1 unspecified atom stereocenters. The number of rotatable bonds is 3. The second-order valence-corrected chi connectivity index (χ2v) is 4.81. The van der Waals surface area contributed by atoms with Crippen LogP contribution in [0.25, 0.3) is 0 Å². The van der Waals surface area contributed by atoms with Crippen LogP contribution in [0.3, 0.4) is 0 Å². The maximum absolute atomic E-state index is 11.8. The summed E-state index contributed by atoms with van der Waals surface area (Å²) in [6.45, 7) is 0.736. The molecule has 2 rings (SSSR count). The molecule has 0 spiro atoms. The highest BCUT2D eigenvalue weighted by atomic mass is 35.5. The molecular formula is C13H16ClNO3. The maximum atomic E-state index is 11.8. The number of halogens is 1. The minimum absolute atomic E-state index is 0.0136. The number of carbonyl (C=O) groups excluding carboxylic acids is 1. The zero-order valence-electron chi connectivity index (χ0n) is 9.99. The van der Waals surface area contributed by atoms with Gasteiger partial charge in [0.1, 0.15) is 5.75 Å². The van der Waals surface area contributed by atoms with Crippen LogP contribution in [-0.4, -0.2) is 23.7 Å². The number of amides is 1. The van der Waals surface area contributed by atoms with Crippen LogP contribution in [0.2, 0.25) is 5.02 Å². The lowest BCUT2D eigenvalue weighted by atomic mass is 10.1. The van der Waals surface area contributed by atoms with Gasteiger partial charge in [-0.25, -0.2) is 0 Å². The predicted molar refractivity (Wildman–Crippen MR) is 70.0 cm³/mol. The zero-order chi connectivity index (χ0) is 13.0. The molecule has 5 heteroatoms. The Balaban J connectivity index is 1.88. The van der Waals surface area contributed by atoms with Crippen LogP contribution in [0.4, 0.5) is 5.69 Å². The van der Waals surface area contributed by atoms with Gasteiger partial charge >= 0.3 is 0 Å². The lowest BCUT2D eigenvalue weighted by molar-refractivity contribution is -0.119. The lowest BCUT2D eigenvalue weighted by Gasteiger charge is -2.21. The highest BCUT2D eigenvalue weighted by molar-refractivity contribution is 6.32. The highest BCUT2D eigenvalue weighted by Gasteiger charge is 2.17. The minimum atomic E-state index is -0.108. The van der Waals surface area contributed by atoms with Crippen LogP contribution in [0.1, 0.15) is 25.7 Å².